The lowest BCUT2D eigenvalue weighted by atomic mass is 10.1. The van der Waals surface area contributed by atoms with Crippen LogP contribution in [-0.2, 0) is 14.6 Å². The molecule has 16 heavy (non-hydrogen) atoms. The van der Waals surface area contributed by atoms with Gasteiger partial charge >= 0.3 is 0 Å². The Bertz CT molecular complexity index is 337. The van der Waals surface area contributed by atoms with Crippen LogP contribution in [0.4, 0.5) is 0 Å². The van der Waals surface area contributed by atoms with Crippen LogP contribution in [-0.4, -0.2) is 48.2 Å². The van der Waals surface area contributed by atoms with Gasteiger partial charge in [-0.2, -0.15) is 11.8 Å². The Kier molecular flexibility index (Phi) is 5.67. The van der Waals surface area contributed by atoms with Gasteiger partial charge in [0.2, 0.25) is 0 Å². The molecule has 0 spiro atoms. The number of carbonyl (C=O) groups excluding carboxylic acids is 1. The van der Waals surface area contributed by atoms with E-state index in [1.165, 1.54) is 6.26 Å². The average Bonchev–Trinajstić information content (AvgIpc) is 2.16. The molecule has 0 radical (unpaired) electrons. The molecular formula is C10H18O3S3. The highest BCUT2D eigenvalue weighted by Gasteiger charge is 2.28. The number of thioether (sulfide) groups is 2. The summed E-state index contributed by atoms with van der Waals surface area (Å²) in [6, 6.07) is 0. The van der Waals surface area contributed by atoms with Crippen molar-refractivity contribution in [2.45, 2.75) is 30.3 Å². The molecule has 1 heterocycles. The molecule has 0 bridgehead atoms. The standard InChI is InChI=1S/C10H18O3S3/c1-8-10(15-6-5-14-8)9(11)4-3-7-16(2,12)13/h8,10H,3-7H2,1-2H3. The SMILES string of the molecule is CC1SCCSC1C(=O)CCCS(C)(=O)=O. The van der Waals surface area contributed by atoms with E-state index in [0.717, 1.165) is 11.5 Å². The van der Waals surface area contributed by atoms with E-state index in [4.69, 9.17) is 0 Å². The summed E-state index contributed by atoms with van der Waals surface area (Å²) in [5.41, 5.74) is 0. The molecule has 1 aliphatic heterocycles. The van der Waals surface area contributed by atoms with Crippen LogP contribution in [0.1, 0.15) is 19.8 Å². The summed E-state index contributed by atoms with van der Waals surface area (Å²) in [4.78, 5) is 11.9. The van der Waals surface area contributed by atoms with Crippen molar-refractivity contribution in [2.24, 2.45) is 0 Å². The average molecular weight is 282 g/mol. The lowest BCUT2D eigenvalue weighted by molar-refractivity contribution is -0.118. The molecule has 2 atom stereocenters. The Balaban J connectivity index is 2.34. The van der Waals surface area contributed by atoms with Crippen molar-refractivity contribution in [2.75, 3.05) is 23.5 Å². The van der Waals surface area contributed by atoms with E-state index in [-0.39, 0.29) is 16.8 Å². The summed E-state index contributed by atoms with van der Waals surface area (Å²) in [5.74, 6) is 2.47. The predicted octanol–water partition coefficient (Wildman–Crippen LogP) is 1.62. The molecule has 1 rings (SSSR count). The van der Waals surface area contributed by atoms with Crippen molar-refractivity contribution in [3.8, 4) is 0 Å². The molecule has 0 aliphatic carbocycles. The number of ketones is 1. The van der Waals surface area contributed by atoms with Gasteiger partial charge in [0.1, 0.15) is 15.6 Å². The molecule has 0 saturated carbocycles. The fourth-order valence-electron chi connectivity index (χ4n) is 1.64. The molecule has 0 aromatic rings. The number of hydrogen-bond acceptors (Lipinski definition) is 5. The van der Waals surface area contributed by atoms with Gasteiger partial charge in [-0.25, -0.2) is 8.42 Å². The van der Waals surface area contributed by atoms with Crippen LogP contribution >= 0.6 is 23.5 Å². The first kappa shape index (κ1) is 14.4. The fourth-order valence-corrected chi connectivity index (χ4v) is 5.07. The third kappa shape index (κ3) is 5.10. The minimum Gasteiger partial charge on any atom is -0.298 e. The number of carbonyl (C=O) groups is 1. The highest BCUT2D eigenvalue weighted by atomic mass is 32.2. The Labute approximate surface area is 106 Å². The Hall–Kier alpha value is 0.320. The Morgan fingerprint density at radius 2 is 1.94 bits per heavy atom. The van der Waals surface area contributed by atoms with Crippen molar-refractivity contribution in [1.82, 2.24) is 0 Å². The van der Waals surface area contributed by atoms with Gasteiger partial charge in [-0.15, -0.1) is 11.8 Å². The van der Waals surface area contributed by atoms with Crippen molar-refractivity contribution in [3.63, 3.8) is 0 Å². The largest absolute Gasteiger partial charge is 0.298 e. The van der Waals surface area contributed by atoms with Crippen LogP contribution in [0.2, 0.25) is 0 Å². The quantitative estimate of drug-likeness (QED) is 0.767. The van der Waals surface area contributed by atoms with Crippen LogP contribution in [0.5, 0.6) is 0 Å². The summed E-state index contributed by atoms with van der Waals surface area (Å²) < 4.78 is 21.9. The van der Waals surface area contributed by atoms with Crippen LogP contribution in [0, 0.1) is 0 Å². The maximum atomic E-state index is 11.9. The smallest absolute Gasteiger partial charge is 0.147 e. The maximum Gasteiger partial charge on any atom is 0.147 e. The third-order valence-electron chi connectivity index (χ3n) is 2.44. The summed E-state index contributed by atoms with van der Waals surface area (Å²) in [7, 11) is -2.93. The summed E-state index contributed by atoms with van der Waals surface area (Å²) >= 11 is 3.55. The molecule has 2 unspecified atom stereocenters. The molecule has 0 N–H and O–H groups in total. The van der Waals surface area contributed by atoms with Gasteiger partial charge in [-0.3, -0.25) is 4.79 Å². The minimum absolute atomic E-state index is 0.0679. The molecule has 6 heteroatoms. The van der Waals surface area contributed by atoms with E-state index in [0.29, 0.717) is 18.1 Å². The van der Waals surface area contributed by atoms with Gasteiger partial charge in [0.25, 0.3) is 0 Å². The summed E-state index contributed by atoms with van der Waals surface area (Å²) in [6.45, 7) is 2.08. The van der Waals surface area contributed by atoms with Gasteiger partial charge in [-0.1, -0.05) is 6.92 Å². The molecule has 0 aromatic carbocycles. The number of Topliss-reactive ketones (excluding diaryl/α,β-unsaturated/α-hetero) is 1. The first-order valence-corrected chi connectivity index (χ1v) is 9.49. The molecule has 3 nitrogen and oxygen atoms in total. The topological polar surface area (TPSA) is 51.2 Å². The van der Waals surface area contributed by atoms with Crippen molar-refractivity contribution in [3.05, 3.63) is 0 Å². The summed E-state index contributed by atoms with van der Waals surface area (Å²) in [5, 5.41) is 0.433. The predicted molar refractivity (Wildman–Crippen MR) is 72.1 cm³/mol. The van der Waals surface area contributed by atoms with Gasteiger partial charge in [0.15, 0.2) is 0 Å². The molecule has 0 amide bonds. The van der Waals surface area contributed by atoms with Crippen LogP contribution in [0.15, 0.2) is 0 Å². The number of rotatable bonds is 5. The molecular weight excluding hydrogens is 264 g/mol. The van der Waals surface area contributed by atoms with E-state index >= 15 is 0 Å². The van der Waals surface area contributed by atoms with Gasteiger partial charge in [0, 0.05) is 29.4 Å². The second kappa shape index (κ2) is 6.31. The molecule has 1 aliphatic rings. The van der Waals surface area contributed by atoms with Crippen LogP contribution in [0.3, 0.4) is 0 Å². The zero-order valence-electron chi connectivity index (χ0n) is 9.64. The minimum atomic E-state index is -2.93. The van der Waals surface area contributed by atoms with Crippen molar-refractivity contribution < 1.29 is 13.2 Å². The second-order valence-corrected chi connectivity index (χ2v) is 9.06. The highest BCUT2D eigenvalue weighted by molar-refractivity contribution is 8.07. The third-order valence-corrected chi connectivity index (χ3v) is 6.61. The molecule has 0 aromatic heterocycles. The Morgan fingerprint density at radius 1 is 1.31 bits per heavy atom. The lowest BCUT2D eigenvalue weighted by Crippen LogP contribution is -2.31. The second-order valence-electron chi connectivity index (χ2n) is 4.07. The molecule has 1 fully saturated rings. The Morgan fingerprint density at radius 3 is 2.50 bits per heavy atom. The van der Waals surface area contributed by atoms with Crippen molar-refractivity contribution in [1.29, 1.82) is 0 Å². The fraction of sp³-hybridized carbons (Fsp3) is 0.900. The maximum absolute atomic E-state index is 11.9. The molecule has 1 saturated heterocycles. The zero-order valence-corrected chi connectivity index (χ0v) is 12.1. The van der Waals surface area contributed by atoms with Crippen LogP contribution < -0.4 is 0 Å². The van der Waals surface area contributed by atoms with Gasteiger partial charge < -0.3 is 0 Å². The first-order valence-electron chi connectivity index (χ1n) is 5.34. The van der Waals surface area contributed by atoms with Crippen LogP contribution in [0.25, 0.3) is 0 Å². The first-order chi connectivity index (χ1) is 7.40. The van der Waals surface area contributed by atoms with Crippen molar-refractivity contribution >= 4 is 39.1 Å². The monoisotopic (exact) mass is 282 g/mol. The lowest BCUT2D eigenvalue weighted by Gasteiger charge is -2.26. The van der Waals surface area contributed by atoms with Gasteiger partial charge in [-0.05, 0) is 6.42 Å². The van der Waals surface area contributed by atoms with E-state index in [1.807, 2.05) is 11.8 Å². The molecule has 94 valence electrons. The van der Waals surface area contributed by atoms with E-state index in [2.05, 4.69) is 6.92 Å². The number of sulfone groups is 1. The van der Waals surface area contributed by atoms with E-state index in [9.17, 15) is 13.2 Å². The van der Waals surface area contributed by atoms with E-state index in [1.54, 1.807) is 11.8 Å². The highest BCUT2D eigenvalue weighted by Crippen LogP contribution is 2.32. The number of hydrogen-bond donors (Lipinski definition) is 0. The van der Waals surface area contributed by atoms with Gasteiger partial charge in [0.05, 0.1) is 11.0 Å². The van der Waals surface area contributed by atoms with E-state index < -0.39 is 9.84 Å². The summed E-state index contributed by atoms with van der Waals surface area (Å²) in [6.07, 6.45) is 2.08. The zero-order chi connectivity index (χ0) is 12.2. The normalized spacial score (nSPS) is 26.6.